The van der Waals surface area contributed by atoms with E-state index < -0.39 is 10.4 Å². The molecule has 1 N–H and O–H groups in total. The predicted octanol–water partition coefficient (Wildman–Crippen LogP) is 4.35. The molecule has 0 saturated heterocycles. The summed E-state index contributed by atoms with van der Waals surface area (Å²) in [4.78, 5) is 4.47. The van der Waals surface area contributed by atoms with E-state index in [1.807, 2.05) is 38.2 Å². The number of anilines is 2. The van der Waals surface area contributed by atoms with Gasteiger partial charge in [-0.2, -0.15) is 8.42 Å². The average molecular weight is 411 g/mol. The fraction of sp³-hybridized carbons (Fsp3) is 0.235. The third-order valence-electron chi connectivity index (χ3n) is 3.73. The van der Waals surface area contributed by atoms with Crippen molar-refractivity contribution in [2.24, 2.45) is 5.16 Å². The lowest BCUT2D eigenvalue weighted by Crippen LogP contribution is -2.14. The minimum absolute atomic E-state index is 0.424. The molecule has 0 aromatic heterocycles. The number of hydrogen-bond donors (Lipinski definition) is 1. The van der Waals surface area contributed by atoms with Crippen LogP contribution in [-0.4, -0.2) is 30.8 Å². The molecule has 2 aromatic rings. The van der Waals surface area contributed by atoms with Gasteiger partial charge in [0, 0.05) is 23.3 Å². The lowest BCUT2D eigenvalue weighted by molar-refractivity contribution is 0.283. The number of rotatable bonds is 5. The second kappa shape index (κ2) is 7.91. The zero-order chi connectivity index (χ0) is 18.7. The van der Waals surface area contributed by atoms with E-state index in [-0.39, 0.29) is 0 Å². The molecule has 0 unspecified atom stereocenters. The van der Waals surface area contributed by atoms with Crippen LogP contribution in [0, 0.1) is 0 Å². The van der Waals surface area contributed by atoms with E-state index in [0.717, 1.165) is 16.1 Å². The Morgan fingerprint density at radius 2 is 1.96 bits per heavy atom. The normalized spacial score (nSPS) is 14.0. The number of oxime groups is 1. The van der Waals surface area contributed by atoms with E-state index in [4.69, 9.17) is 4.55 Å². The van der Waals surface area contributed by atoms with E-state index in [9.17, 15) is 8.42 Å². The highest BCUT2D eigenvalue weighted by atomic mass is 32.3. The highest BCUT2D eigenvalue weighted by Crippen LogP contribution is 2.47. The number of fused-ring (bicyclic) bond motifs is 2. The van der Waals surface area contributed by atoms with Gasteiger partial charge in [-0.1, -0.05) is 42.0 Å². The van der Waals surface area contributed by atoms with Crippen LogP contribution in [0.25, 0.3) is 0 Å². The molecule has 0 spiro atoms. The fourth-order valence-electron chi connectivity index (χ4n) is 2.64. The van der Waals surface area contributed by atoms with Gasteiger partial charge >= 0.3 is 10.4 Å². The zero-order valence-electron chi connectivity index (χ0n) is 14.2. The quantitative estimate of drug-likeness (QED) is 0.340. The van der Waals surface area contributed by atoms with Gasteiger partial charge in [0.2, 0.25) is 0 Å². The highest BCUT2D eigenvalue weighted by Gasteiger charge is 2.20. The lowest BCUT2D eigenvalue weighted by atomic mass is 10.1. The smallest absolute Gasteiger partial charge is 0.343 e. The van der Waals surface area contributed by atoms with Gasteiger partial charge in [0.1, 0.15) is 5.04 Å². The van der Waals surface area contributed by atoms with Gasteiger partial charge < -0.3 is 4.90 Å². The third-order valence-corrected chi connectivity index (χ3v) is 5.95. The molecule has 138 valence electrons. The molecule has 3 rings (SSSR count). The van der Waals surface area contributed by atoms with Crippen LogP contribution in [0.2, 0.25) is 0 Å². The van der Waals surface area contributed by atoms with Crippen LogP contribution >= 0.6 is 23.5 Å². The molecular formula is C17H18N2O4S3. The molecule has 0 fully saturated rings. The summed E-state index contributed by atoms with van der Waals surface area (Å²) >= 11 is 3.07. The molecule has 6 nitrogen and oxygen atoms in total. The molecule has 1 aliphatic heterocycles. The van der Waals surface area contributed by atoms with Crippen molar-refractivity contribution in [3.63, 3.8) is 0 Å². The van der Waals surface area contributed by atoms with E-state index in [0.29, 0.717) is 17.2 Å². The Bertz CT molecular complexity index is 945. The first-order chi connectivity index (χ1) is 12.4. The van der Waals surface area contributed by atoms with Crippen molar-refractivity contribution in [2.75, 3.05) is 17.7 Å². The van der Waals surface area contributed by atoms with Crippen molar-refractivity contribution in [3.8, 4) is 0 Å². The molecule has 26 heavy (non-hydrogen) atoms. The monoisotopic (exact) mass is 410 g/mol. The van der Waals surface area contributed by atoms with E-state index in [1.54, 1.807) is 11.8 Å². The molecular weight excluding hydrogens is 392 g/mol. The summed E-state index contributed by atoms with van der Waals surface area (Å²) in [6.07, 6.45) is 0.424. The van der Waals surface area contributed by atoms with E-state index in [2.05, 4.69) is 32.5 Å². The summed E-state index contributed by atoms with van der Waals surface area (Å²) in [5.41, 5.74) is 3.28. The van der Waals surface area contributed by atoms with Crippen LogP contribution in [0.1, 0.15) is 12.5 Å². The van der Waals surface area contributed by atoms with Crippen LogP contribution in [0.3, 0.4) is 0 Å². The van der Waals surface area contributed by atoms with Crippen molar-refractivity contribution >= 4 is 50.3 Å². The van der Waals surface area contributed by atoms with Crippen molar-refractivity contribution in [3.05, 3.63) is 48.0 Å². The molecule has 1 heterocycles. The van der Waals surface area contributed by atoms with Crippen LogP contribution in [0.4, 0.5) is 11.4 Å². The van der Waals surface area contributed by atoms with Gasteiger partial charge in [0.15, 0.2) is 0 Å². The van der Waals surface area contributed by atoms with Crippen molar-refractivity contribution in [1.29, 1.82) is 0 Å². The predicted molar refractivity (Wildman–Crippen MR) is 107 cm³/mol. The van der Waals surface area contributed by atoms with Gasteiger partial charge in [-0.05, 0) is 35.6 Å². The summed E-state index contributed by atoms with van der Waals surface area (Å²) in [5, 5.41) is 4.05. The number of thioether (sulfide) groups is 1. The summed E-state index contributed by atoms with van der Waals surface area (Å²) in [5.74, 6) is 0.712. The Morgan fingerprint density at radius 3 is 2.69 bits per heavy atom. The van der Waals surface area contributed by atoms with Gasteiger partial charge in [-0.15, -0.1) is 11.8 Å². The first-order valence-electron chi connectivity index (χ1n) is 7.86. The fourth-order valence-corrected chi connectivity index (χ4v) is 4.77. The summed E-state index contributed by atoms with van der Waals surface area (Å²) in [6.45, 7) is 1.93. The largest absolute Gasteiger partial charge is 0.466 e. The second-order valence-corrected chi connectivity index (χ2v) is 8.95. The maximum absolute atomic E-state index is 10.7. The van der Waals surface area contributed by atoms with Crippen LogP contribution in [0.5, 0.6) is 0 Å². The molecule has 0 radical (unpaired) electrons. The SMILES string of the molecule is CCS/C(Cc1ccc2c(c1)Sc1ccccc1N2C)=N/OS(=O)(=O)O. The molecule has 1 aliphatic rings. The van der Waals surface area contributed by atoms with Crippen molar-refractivity contribution in [2.45, 2.75) is 23.1 Å². The minimum Gasteiger partial charge on any atom is -0.343 e. The molecule has 9 heteroatoms. The number of nitrogens with zero attached hydrogens (tertiary/aromatic N) is 2. The molecule has 0 aliphatic carbocycles. The summed E-state index contributed by atoms with van der Waals surface area (Å²) < 4.78 is 34.4. The first-order valence-corrected chi connectivity index (χ1v) is 11.0. The molecule has 2 aromatic carbocycles. The Hall–Kier alpha value is -1.68. The number of benzene rings is 2. The van der Waals surface area contributed by atoms with Crippen LogP contribution in [0.15, 0.2) is 57.4 Å². The Labute approximate surface area is 161 Å². The Balaban J connectivity index is 1.85. The molecule has 0 saturated carbocycles. The molecule has 0 bridgehead atoms. The minimum atomic E-state index is -4.60. The van der Waals surface area contributed by atoms with Crippen LogP contribution in [-0.2, 0) is 21.1 Å². The number of para-hydroxylation sites is 1. The average Bonchev–Trinajstić information content (AvgIpc) is 2.59. The van der Waals surface area contributed by atoms with Crippen molar-refractivity contribution in [1.82, 2.24) is 0 Å². The van der Waals surface area contributed by atoms with Crippen molar-refractivity contribution < 1.29 is 17.3 Å². The number of hydrogen-bond acceptors (Lipinski definition) is 7. The van der Waals surface area contributed by atoms with Gasteiger partial charge in [-0.3, -0.25) is 4.55 Å². The molecule has 0 atom stereocenters. The summed E-state index contributed by atoms with van der Waals surface area (Å²) in [7, 11) is -2.56. The topological polar surface area (TPSA) is 79.2 Å². The second-order valence-electron chi connectivity index (χ2n) is 5.53. The first kappa shape index (κ1) is 19.1. The Morgan fingerprint density at radius 1 is 1.23 bits per heavy atom. The Kier molecular flexibility index (Phi) is 5.81. The maximum atomic E-state index is 10.7. The maximum Gasteiger partial charge on any atom is 0.466 e. The van der Waals surface area contributed by atoms with E-state index in [1.165, 1.54) is 22.3 Å². The zero-order valence-corrected chi connectivity index (χ0v) is 16.7. The van der Waals surface area contributed by atoms with E-state index >= 15 is 0 Å². The molecule has 0 amide bonds. The third kappa shape index (κ3) is 4.53. The van der Waals surface area contributed by atoms with Gasteiger partial charge in [-0.25, -0.2) is 4.28 Å². The van der Waals surface area contributed by atoms with Crippen LogP contribution < -0.4 is 4.90 Å². The highest BCUT2D eigenvalue weighted by molar-refractivity contribution is 8.13. The van der Waals surface area contributed by atoms with Gasteiger partial charge in [0.25, 0.3) is 0 Å². The summed E-state index contributed by atoms with van der Waals surface area (Å²) in [6, 6.07) is 14.3. The lowest BCUT2D eigenvalue weighted by Gasteiger charge is -2.29. The van der Waals surface area contributed by atoms with Gasteiger partial charge in [0.05, 0.1) is 11.4 Å². The standard InChI is InChI=1S/C17H18N2O4S3/c1-3-24-17(18-23-26(20,21)22)11-12-8-9-14-16(10-12)25-15-7-5-4-6-13(15)19(14)2/h4-10H,3,11H2,1-2H3,(H,20,21,22)/b18-17+.